The van der Waals surface area contributed by atoms with Crippen molar-refractivity contribution in [1.82, 2.24) is 4.90 Å². The van der Waals surface area contributed by atoms with Gasteiger partial charge < -0.3 is 9.64 Å². The van der Waals surface area contributed by atoms with Crippen LogP contribution >= 0.6 is 0 Å². The van der Waals surface area contributed by atoms with E-state index in [1.54, 1.807) is 17.0 Å². The summed E-state index contributed by atoms with van der Waals surface area (Å²) in [5.74, 6) is 0.940. The van der Waals surface area contributed by atoms with Crippen LogP contribution in [0.5, 0.6) is 5.75 Å². The van der Waals surface area contributed by atoms with Crippen LogP contribution in [0.25, 0.3) is 0 Å². The molecule has 5 nitrogen and oxygen atoms in total. The smallest absolute Gasteiger partial charge is 0.254 e. The highest BCUT2D eigenvalue weighted by molar-refractivity contribution is 7.91. The highest BCUT2D eigenvalue weighted by atomic mass is 32.2. The number of rotatable bonds is 7. The van der Waals surface area contributed by atoms with E-state index in [2.05, 4.69) is 32.9 Å². The van der Waals surface area contributed by atoms with Crippen LogP contribution in [-0.4, -0.2) is 43.3 Å². The number of hydrogen-bond acceptors (Lipinski definition) is 4. The Kier molecular flexibility index (Phi) is 7.10. The second kappa shape index (κ2) is 9.43. The molecule has 0 radical (unpaired) electrons. The lowest BCUT2D eigenvalue weighted by molar-refractivity contribution is 0.0697. The summed E-state index contributed by atoms with van der Waals surface area (Å²) in [4.78, 5) is 14.8. The van der Waals surface area contributed by atoms with Crippen molar-refractivity contribution < 1.29 is 17.9 Å². The fraction of sp³-hybridized carbons (Fsp3) is 0.480. The van der Waals surface area contributed by atoms with E-state index in [1.807, 2.05) is 31.2 Å². The van der Waals surface area contributed by atoms with Gasteiger partial charge in [-0.15, -0.1) is 0 Å². The van der Waals surface area contributed by atoms with Gasteiger partial charge >= 0.3 is 0 Å². The predicted molar refractivity (Wildman–Crippen MR) is 124 cm³/mol. The molecule has 0 aromatic heterocycles. The molecule has 0 bridgehead atoms. The molecular weight excluding hydrogens is 410 g/mol. The molecule has 0 aliphatic carbocycles. The van der Waals surface area contributed by atoms with Crippen LogP contribution in [-0.2, 0) is 21.9 Å². The van der Waals surface area contributed by atoms with E-state index in [9.17, 15) is 13.2 Å². The van der Waals surface area contributed by atoms with Gasteiger partial charge in [0.05, 0.1) is 11.5 Å². The highest BCUT2D eigenvalue weighted by Crippen LogP contribution is 2.25. The maximum atomic E-state index is 13.0. The van der Waals surface area contributed by atoms with Crippen molar-refractivity contribution >= 4 is 15.7 Å². The number of carbonyl (C=O) groups is 1. The molecule has 6 heteroatoms. The van der Waals surface area contributed by atoms with E-state index >= 15 is 0 Å². The van der Waals surface area contributed by atoms with Crippen LogP contribution in [0.4, 0.5) is 0 Å². The van der Waals surface area contributed by atoms with Gasteiger partial charge in [0, 0.05) is 18.2 Å². The van der Waals surface area contributed by atoms with Gasteiger partial charge in [-0.1, -0.05) is 52.0 Å². The molecule has 1 fully saturated rings. The molecule has 1 heterocycles. The van der Waals surface area contributed by atoms with Gasteiger partial charge in [0.25, 0.3) is 5.91 Å². The molecule has 168 valence electrons. The lowest BCUT2D eigenvalue weighted by Gasteiger charge is -2.28. The average Bonchev–Trinajstić information content (AvgIpc) is 3.09. The molecule has 0 N–H and O–H groups in total. The first-order valence-electron chi connectivity index (χ1n) is 10.9. The van der Waals surface area contributed by atoms with Gasteiger partial charge in [-0.2, -0.15) is 0 Å². The summed E-state index contributed by atoms with van der Waals surface area (Å²) < 4.78 is 29.6. The first-order valence-corrected chi connectivity index (χ1v) is 12.7. The number of nitrogens with zero attached hydrogens (tertiary/aromatic N) is 1. The monoisotopic (exact) mass is 443 g/mol. The third-order valence-corrected chi connectivity index (χ3v) is 7.45. The topological polar surface area (TPSA) is 63.7 Å². The Bertz CT molecular complexity index is 989. The lowest BCUT2D eigenvalue weighted by atomic mass is 9.87. The van der Waals surface area contributed by atoms with Crippen LogP contribution < -0.4 is 4.74 Å². The first-order chi connectivity index (χ1) is 14.6. The molecular formula is C25H33NO4S. The molecule has 0 spiro atoms. The molecule has 1 aliphatic heterocycles. The molecule has 31 heavy (non-hydrogen) atoms. The maximum absolute atomic E-state index is 13.0. The summed E-state index contributed by atoms with van der Waals surface area (Å²) >= 11 is 0. The normalized spacial score (nSPS) is 18.0. The van der Waals surface area contributed by atoms with E-state index in [0.29, 0.717) is 25.1 Å². The zero-order valence-electron chi connectivity index (χ0n) is 18.9. The van der Waals surface area contributed by atoms with Gasteiger partial charge in [0.2, 0.25) is 0 Å². The zero-order chi connectivity index (χ0) is 22.6. The lowest BCUT2D eigenvalue weighted by Crippen LogP contribution is -2.41. The van der Waals surface area contributed by atoms with Gasteiger partial charge in [-0.3, -0.25) is 4.79 Å². The Hall–Kier alpha value is -2.34. The third kappa shape index (κ3) is 6.10. The van der Waals surface area contributed by atoms with Crippen LogP contribution in [0.15, 0.2) is 48.5 Å². The molecule has 0 saturated carbocycles. The van der Waals surface area contributed by atoms with Crippen molar-refractivity contribution in [3.05, 3.63) is 65.2 Å². The second-order valence-corrected chi connectivity index (χ2v) is 11.5. The molecule has 1 amide bonds. The summed E-state index contributed by atoms with van der Waals surface area (Å²) in [6, 6.07) is 15.3. The Balaban J connectivity index is 1.62. The van der Waals surface area contributed by atoms with Crippen LogP contribution in [0.1, 0.15) is 62.0 Å². The SMILES string of the molecule is CCCN(C(=O)c1ccc(COc2ccc(C(C)(C)C)cc2)cc1)C1CCS(=O)(=O)C1. The Labute approximate surface area is 186 Å². The minimum absolute atomic E-state index is 0.0681. The third-order valence-electron chi connectivity index (χ3n) is 5.70. The van der Waals surface area contributed by atoms with Crippen molar-refractivity contribution in [2.24, 2.45) is 0 Å². The van der Waals surface area contributed by atoms with E-state index in [-0.39, 0.29) is 28.9 Å². The minimum atomic E-state index is -3.04. The fourth-order valence-electron chi connectivity index (χ4n) is 3.84. The first kappa shape index (κ1) is 23.3. The van der Waals surface area contributed by atoms with Crippen molar-refractivity contribution in [3.8, 4) is 5.75 Å². The molecule has 1 unspecified atom stereocenters. The van der Waals surface area contributed by atoms with Crippen molar-refractivity contribution in [2.75, 3.05) is 18.1 Å². The largest absolute Gasteiger partial charge is 0.489 e. The Morgan fingerprint density at radius 2 is 1.71 bits per heavy atom. The number of ether oxygens (including phenoxy) is 1. The number of hydrogen-bond donors (Lipinski definition) is 0. The summed E-state index contributed by atoms with van der Waals surface area (Å²) in [7, 11) is -3.04. The van der Waals surface area contributed by atoms with E-state index in [4.69, 9.17) is 4.74 Å². The average molecular weight is 444 g/mol. The van der Waals surface area contributed by atoms with Crippen LogP contribution in [0.3, 0.4) is 0 Å². The number of carbonyl (C=O) groups excluding carboxylic acids is 1. The van der Waals surface area contributed by atoms with E-state index in [1.165, 1.54) is 5.56 Å². The van der Waals surface area contributed by atoms with Crippen LogP contribution in [0, 0.1) is 0 Å². The standard InChI is InChI=1S/C25H33NO4S/c1-5-15-26(22-14-16-31(28,29)18-22)24(27)20-8-6-19(7-9-20)17-30-23-12-10-21(11-13-23)25(2,3)4/h6-13,22H,5,14-18H2,1-4H3. The molecule has 1 atom stereocenters. The van der Waals surface area contributed by atoms with Gasteiger partial charge in [-0.25, -0.2) is 8.42 Å². The minimum Gasteiger partial charge on any atom is -0.489 e. The quantitative estimate of drug-likeness (QED) is 0.627. The van der Waals surface area contributed by atoms with Crippen molar-refractivity contribution in [3.63, 3.8) is 0 Å². The fourth-order valence-corrected chi connectivity index (χ4v) is 5.57. The molecule has 3 rings (SSSR count). The van der Waals surface area contributed by atoms with Gasteiger partial charge in [0.1, 0.15) is 12.4 Å². The Morgan fingerprint density at radius 3 is 2.23 bits per heavy atom. The van der Waals surface area contributed by atoms with Gasteiger partial charge in [-0.05, 0) is 53.6 Å². The number of benzene rings is 2. The molecule has 1 saturated heterocycles. The maximum Gasteiger partial charge on any atom is 0.254 e. The van der Waals surface area contributed by atoms with E-state index in [0.717, 1.165) is 17.7 Å². The van der Waals surface area contributed by atoms with E-state index < -0.39 is 9.84 Å². The summed E-state index contributed by atoms with van der Waals surface area (Å²) in [6.07, 6.45) is 1.32. The van der Waals surface area contributed by atoms with Crippen molar-refractivity contribution in [1.29, 1.82) is 0 Å². The summed E-state index contributed by atoms with van der Waals surface area (Å²) in [6.45, 7) is 9.52. The zero-order valence-corrected chi connectivity index (χ0v) is 19.7. The van der Waals surface area contributed by atoms with Crippen molar-refractivity contribution in [2.45, 2.75) is 58.6 Å². The predicted octanol–water partition coefficient (Wildman–Crippen LogP) is 4.60. The van der Waals surface area contributed by atoms with Gasteiger partial charge in [0.15, 0.2) is 9.84 Å². The Morgan fingerprint density at radius 1 is 1.06 bits per heavy atom. The molecule has 1 aliphatic rings. The van der Waals surface area contributed by atoms with Crippen LogP contribution in [0.2, 0.25) is 0 Å². The molecule has 2 aromatic rings. The number of sulfone groups is 1. The summed E-state index contributed by atoms with van der Waals surface area (Å²) in [5.41, 5.74) is 2.92. The second-order valence-electron chi connectivity index (χ2n) is 9.32. The summed E-state index contributed by atoms with van der Waals surface area (Å²) in [5, 5.41) is 0. The number of amides is 1. The highest BCUT2D eigenvalue weighted by Gasteiger charge is 2.34. The molecule has 2 aromatic carbocycles.